The van der Waals surface area contributed by atoms with Gasteiger partial charge in [-0.2, -0.15) is 0 Å². The van der Waals surface area contributed by atoms with Crippen molar-refractivity contribution in [3.63, 3.8) is 0 Å². The van der Waals surface area contributed by atoms with Crippen LogP contribution >= 0.6 is 0 Å². The Hall–Kier alpha value is -1.33. The Labute approximate surface area is 109 Å². The van der Waals surface area contributed by atoms with Crippen LogP contribution < -0.4 is 5.73 Å². The van der Waals surface area contributed by atoms with Crippen LogP contribution in [-0.4, -0.2) is 26.3 Å². The molecule has 0 amide bonds. The molecule has 0 atom stereocenters. The Morgan fingerprint density at radius 3 is 2.61 bits per heavy atom. The molecule has 0 aliphatic rings. The van der Waals surface area contributed by atoms with Crippen LogP contribution in [0.4, 0.5) is 5.69 Å². The summed E-state index contributed by atoms with van der Waals surface area (Å²) in [5, 5.41) is 0. The monoisotopic (exact) mass is 268 g/mol. The first kappa shape index (κ1) is 14.7. The summed E-state index contributed by atoms with van der Waals surface area (Å²) in [4.78, 5) is 0.251. The van der Waals surface area contributed by atoms with E-state index in [1.165, 1.54) is 10.4 Å². The molecule has 100 valence electrons. The second-order valence-electron chi connectivity index (χ2n) is 4.34. The van der Waals surface area contributed by atoms with E-state index in [0.29, 0.717) is 12.2 Å². The molecule has 0 saturated heterocycles. The second-order valence-corrected chi connectivity index (χ2v) is 6.38. The molecule has 0 spiro atoms. The number of nitrogen functional groups attached to an aromatic ring is 1. The molecule has 0 aliphatic heterocycles. The predicted octanol–water partition coefficient (Wildman–Crippen LogP) is 2.16. The van der Waals surface area contributed by atoms with Gasteiger partial charge in [0.05, 0.1) is 4.90 Å². The van der Waals surface area contributed by atoms with E-state index >= 15 is 0 Å². The fraction of sp³-hybridized carbons (Fsp3) is 0.385. The van der Waals surface area contributed by atoms with Crippen molar-refractivity contribution < 1.29 is 8.42 Å². The lowest BCUT2D eigenvalue weighted by Gasteiger charge is -2.17. The van der Waals surface area contributed by atoms with E-state index in [0.717, 1.165) is 18.4 Å². The Morgan fingerprint density at radius 1 is 1.39 bits per heavy atom. The Morgan fingerprint density at radius 2 is 2.06 bits per heavy atom. The maximum Gasteiger partial charge on any atom is 0.242 e. The molecule has 0 unspecified atom stereocenters. The van der Waals surface area contributed by atoms with Crippen molar-refractivity contribution in [2.24, 2.45) is 0 Å². The lowest BCUT2D eigenvalue weighted by atomic mass is 10.2. The predicted molar refractivity (Wildman–Crippen MR) is 74.8 cm³/mol. The van der Waals surface area contributed by atoms with Crippen molar-refractivity contribution in [1.82, 2.24) is 4.31 Å². The largest absolute Gasteiger partial charge is 0.399 e. The van der Waals surface area contributed by atoms with Crippen molar-refractivity contribution in [3.05, 3.63) is 36.4 Å². The number of benzene rings is 1. The van der Waals surface area contributed by atoms with Gasteiger partial charge in [0.2, 0.25) is 10.0 Å². The average molecular weight is 268 g/mol. The SMILES string of the molecule is C=CCCCN(C)S(=O)(=O)c1cc(C)cc(N)c1. The molecular formula is C13H20N2O2S. The lowest BCUT2D eigenvalue weighted by molar-refractivity contribution is 0.463. The molecule has 0 fully saturated rings. The van der Waals surface area contributed by atoms with E-state index in [9.17, 15) is 8.42 Å². The number of nitrogens with two attached hydrogens (primary N) is 1. The summed E-state index contributed by atoms with van der Waals surface area (Å²) in [5.41, 5.74) is 6.99. The van der Waals surface area contributed by atoms with Gasteiger partial charge in [-0.15, -0.1) is 6.58 Å². The van der Waals surface area contributed by atoms with E-state index in [1.54, 1.807) is 25.3 Å². The number of hydrogen-bond acceptors (Lipinski definition) is 3. The van der Waals surface area contributed by atoms with Crippen LogP contribution in [-0.2, 0) is 10.0 Å². The molecule has 0 heterocycles. The van der Waals surface area contributed by atoms with Gasteiger partial charge in [-0.25, -0.2) is 12.7 Å². The fourth-order valence-corrected chi connectivity index (χ4v) is 3.03. The molecule has 18 heavy (non-hydrogen) atoms. The van der Waals surface area contributed by atoms with Crippen LogP contribution in [0, 0.1) is 6.92 Å². The van der Waals surface area contributed by atoms with Crippen molar-refractivity contribution in [2.75, 3.05) is 19.3 Å². The summed E-state index contributed by atoms with van der Waals surface area (Å²) in [6, 6.07) is 4.87. The molecule has 0 bridgehead atoms. The molecular weight excluding hydrogens is 248 g/mol. The van der Waals surface area contributed by atoms with Gasteiger partial charge in [-0.3, -0.25) is 0 Å². The van der Waals surface area contributed by atoms with Crippen LogP contribution in [0.2, 0.25) is 0 Å². The van der Waals surface area contributed by atoms with Crippen LogP contribution in [0.25, 0.3) is 0 Å². The molecule has 5 heteroatoms. The molecule has 1 rings (SSSR count). The maximum absolute atomic E-state index is 12.3. The van der Waals surface area contributed by atoms with Gasteiger partial charge >= 0.3 is 0 Å². The van der Waals surface area contributed by atoms with Crippen molar-refractivity contribution in [3.8, 4) is 0 Å². The van der Waals surface area contributed by atoms with E-state index in [1.807, 2.05) is 6.92 Å². The third-order valence-corrected chi connectivity index (χ3v) is 4.50. The number of unbranched alkanes of at least 4 members (excludes halogenated alkanes) is 1. The number of aryl methyl sites for hydroxylation is 1. The molecule has 2 N–H and O–H groups in total. The highest BCUT2D eigenvalue weighted by Gasteiger charge is 2.20. The van der Waals surface area contributed by atoms with Gasteiger partial charge in [0, 0.05) is 19.3 Å². The molecule has 0 radical (unpaired) electrons. The van der Waals surface area contributed by atoms with E-state index in [4.69, 9.17) is 5.73 Å². The number of nitrogens with zero attached hydrogens (tertiary/aromatic N) is 1. The van der Waals surface area contributed by atoms with Gasteiger partial charge in [0.15, 0.2) is 0 Å². The number of anilines is 1. The minimum absolute atomic E-state index is 0.251. The van der Waals surface area contributed by atoms with Crippen LogP contribution in [0.1, 0.15) is 18.4 Å². The normalized spacial score (nSPS) is 11.7. The summed E-state index contributed by atoms with van der Waals surface area (Å²) in [7, 11) is -1.87. The first-order chi connectivity index (χ1) is 8.37. The maximum atomic E-state index is 12.3. The van der Waals surface area contributed by atoms with E-state index in [2.05, 4.69) is 6.58 Å². The first-order valence-corrected chi connectivity index (χ1v) is 7.26. The van der Waals surface area contributed by atoms with Gasteiger partial charge in [0.1, 0.15) is 0 Å². The molecule has 4 nitrogen and oxygen atoms in total. The minimum atomic E-state index is -3.45. The highest BCUT2D eigenvalue weighted by atomic mass is 32.2. The van der Waals surface area contributed by atoms with E-state index in [-0.39, 0.29) is 4.90 Å². The molecule has 0 saturated carbocycles. The number of rotatable bonds is 6. The van der Waals surface area contributed by atoms with Gasteiger partial charge in [-0.05, 0) is 43.5 Å². The molecule has 0 aromatic heterocycles. The molecule has 0 aliphatic carbocycles. The first-order valence-electron chi connectivity index (χ1n) is 5.82. The highest BCUT2D eigenvalue weighted by Crippen LogP contribution is 2.19. The topological polar surface area (TPSA) is 63.4 Å². The summed E-state index contributed by atoms with van der Waals surface area (Å²) in [6.45, 7) is 5.92. The summed E-state index contributed by atoms with van der Waals surface area (Å²) < 4.78 is 25.9. The Balaban J connectivity index is 2.94. The zero-order valence-corrected chi connectivity index (χ0v) is 11.7. The van der Waals surface area contributed by atoms with Gasteiger partial charge < -0.3 is 5.73 Å². The van der Waals surface area contributed by atoms with Crippen molar-refractivity contribution in [1.29, 1.82) is 0 Å². The van der Waals surface area contributed by atoms with Crippen LogP contribution in [0.3, 0.4) is 0 Å². The zero-order valence-electron chi connectivity index (χ0n) is 10.9. The molecule has 1 aromatic carbocycles. The number of hydrogen-bond donors (Lipinski definition) is 1. The third kappa shape index (κ3) is 3.58. The highest BCUT2D eigenvalue weighted by molar-refractivity contribution is 7.89. The van der Waals surface area contributed by atoms with Crippen molar-refractivity contribution >= 4 is 15.7 Å². The number of allylic oxidation sites excluding steroid dienone is 1. The van der Waals surface area contributed by atoms with Crippen LogP contribution in [0.5, 0.6) is 0 Å². The smallest absolute Gasteiger partial charge is 0.242 e. The van der Waals surface area contributed by atoms with Crippen LogP contribution in [0.15, 0.2) is 35.7 Å². The summed E-state index contributed by atoms with van der Waals surface area (Å²) in [5.74, 6) is 0. The second kappa shape index (κ2) is 6.02. The Kier molecular flexibility index (Phi) is 4.93. The molecule has 1 aromatic rings. The number of sulfonamides is 1. The summed E-state index contributed by atoms with van der Waals surface area (Å²) >= 11 is 0. The standard InChI is InChI=1S/C13H20N2O2S/c1-4-5-6-7-15(3)18(16,17)13-9-11(2)8-12(14)10-13/h4,8-10H,1,5-7,14H2,2-3H3. The third-order valence-electron chi connectivity index (χ3n) is 2.66. The lowest BCUT2D eigenvalue weighted by Crippen LogP contribution is -2.28. The summed E-state index contributed by atoms with van der Waals surface area (Å²) in [6.07, 6.45) is 3.35. The van der Waals surface area contributed by atoms with Gasteiger partial charge in [0.25, 0.3) is 0 Å². The zero-order chi connectivity index (χ0) is 13.8. The Bertz CT molecular complexity index is 504. The van der Waals surface area contributed by atoms with E-state index < -0.39 is 10.0 Å². The van der Waals surface area contributed by atoms with Gasteiger partial charge in [-0.1, -0.05) is 6.08 Å². The quantitative estimate of drug-likeness (QED) is 0.488. The van der Waals surface area contributed by atoms with Crippen molar-refractivity contribution in [2.45, 2.75) is 24.7 Å². The average Bonchev–Trinajstić information content (AvgIpc) is 2.27. The fourth-order valence-electron chi connectivity index (χ4n) is 1.68. The minimum Gasteiger partial charge on any atom is -0.399 e.